The standard InChI is InChI=1S/C17H17FN2O/c1-11-7-8-20-16(9-11)19-15(17(20)12(2)21)10-13-3-5-14(18)6-4-13/h3-9,12,21H,10H2,1-2H3. The lowest BCUT2D eigenvalue weighted by atomic mass is 10.1. The Labute approximate surface area is 122 Å². The fraction of sp³-hybridized carbons (Fsp3) is 0.235. The molecule has 108 valence electrons. The number of aryl methyl sites for hydroxylation is 1. The van der Waals surface area contributed by atoms with Gasteiger partial charge in [0.15, 0.2) is 0 Å². The minimum Gasteiger partial charge on any atom is -0.387 e. The van der Waals surface area contributed by atoms with E-state index in [4.69, 9.17) is 0 Å². The van der Waals surface area contributed by atoms with Gasteiger partial charge in [-0.1, -0.05) is 12.1 Å². The van der Waals surface area contributed by atoms with Gasteiger partial charge in [-0.2, -0.15) is 0 Å². The third-order valence-corrected chi connectivity index (χ3v) is 3.58. The number of aliphatic hydroxyl groups excluding tert-OH is 1. The van der Waals surface area contributed by atoms with Crippen molar-refractivity contribution >= 4 is 5.65 Å². The first-order valence-corrected chi connectivity index (χ1v) is 6.94. The molecule has 0 aliphatic rings. The molecule has 3 aromatic rings. The van der Waals surface area contributed by atoms with Crippen molar-refractivity contribution in [2.75, 3.05) is 0 Å². The Bertz CT molecular complexity index is 775. The lowest BCUT2D eigenvalue weighted by Gasteiger charge is -2.08. The van der Waals surface area contributed by atoms with Crippen LogP contribution in [0.1, 0.15) is 35.5 Å². The van der Waals surface area contributed by atoms with Gasteiger partial charge in [0.25, 0.3) is 0 Å². The van der Waals surface area contributed by atoms with Crippen LogP contribution in [-0.4, -0.2) is 14.5 Å². The van der Waals surface area contributed by atoms with Crippen LogP contribution in [0.3, 0.4) is 0 Å². The number of hydrogen-bond donors (Lipinski definition) is 1. The molecule has 2 aromatic heterocycles. The number of pyridine rings is 1. The van der Waals surface area contributed by atoms with Gasteiger partial charge in [0.1, 0.15) is 11.5 Å². The largest absolute Gasteiger partial charge is 0.387 e. The fourth-order valence-corrected chi connectivity index (χ4v) is 2.58. The zero-order valence-corrected chi connectivity index (χ0v) is 12.0. The lowest BCUT2D eigenvalue weighted by molar-refractivity contribution is 0.192. The Balaban J connectivity index is 2.08. The molecule has 0 fully saturated rings. The number of benzene rings is 1. The van der Waals surface area contributed by atoms with Crippen LogP contribution in [0.4, 0.5) is 4.39 Å². The van der Waals surface area contributed by atoms with Crippen LogP contribution in [-0.2, 0) is 6.42 Å². The summed E-state index contributed by atoms with van der Waals surface area (Å²) in [6.45, 7) is 3.74. The second kappa shape index (κ2) is 5.30. The van der Waals surface area contributed by atoms with E-state index >= 15 is 0 Å². The maximum Gasteiger partial charge on any atom is 0.137 e. The van der Waals surface area contributed by atoms with Gasteiger partial charge in [-0.25, -0.2) is 9.37 Å². The highest BCUT2D eigenvalue weighted by atomic mass is 19.1. The van der Waals surface area contributed by atoms with Crippen molar-refractivity contribution in [3.63, 3.8) is 0 Å². The predicted molar refractivity (Wildman–Crippen MR) is 79.8 cm³/mol. The van der Waals surface area contributed by atoms with Crippen molar-refractivity contribution in [2.45, 2.75) is 26.4 Å². The van der Waals surface area contributed by atoms with Gasteiger partial charge in [0, 0.05) is 12.6 Å². The van der Waals surface area contributed by atoms with E-state index in [1.165, 1.54) is 12.1 Å². The zero-order valence-electron chi connectivity index (χ0n) is 12.0. The second-order valence-electron chi connectivity index (χ2n) is 5.36. The molecule has 1 N–H and O–H groups in total. The molecule has 0 saturated carbocycles. The molecule has 0 aliphatic heterocycles. The minimum atomic E-state index is -0.613. The number of fused-ring (bicyclic) bond motifs is 1. The molecule has 2 heterocycles. The summed E-state index contributed by atoms with van der Waals surface area (Å²) in [7, 11) is 0. The van der Waals surface area contributed by atoms with Crippen molar-refractivity contribution < 1.29 is 9.50 Å². The fourth-order valence-electron chi connectivity index (χ4n) is 2.58. The Morgan fingerprint density at radius 3 is 2.62 bits per heavy atom. The number of imidazole rings is 1. The van der Waals surface area contributed by atoms with E-state index < -0.39 is 6.10 Å². The number of aliphatic hydroxyl groups is 1. The van der Waals surface area contributed by atoms with Gasteiger partial charge < -0.3 is 9.51 Å². The van der Waals surface area contributed by atoms with E-state index in [1.54, 1.807) is 19.1 Å². The van der Waals surface area contributed by atoms with Gasteiger partial charge in [0.2, 0.25) is 0 Å². The lowest BCUT2D eigenvalue weighted by Crippen LogP contribution is -2.02. The molecule has 4 heteroatoms. The molecule has 21 heavy (non-hydrogen) atoms. The third-order valence-electron chi connectivity index (χ3n) is 3.58. The van der Waals surface area contributed by atoms with Gasteiger partial charge in [-0.3, -0.25) is 0 Å². The number of nitrogens with zero attached hydrogens (tertiary/aromatic N) is 2. The Morgan fingerprint density at radius 1 is 1.24 bits per heavy atom. The van der Waals surface area contributed by atoms with Crippen LogP contribution in [0.25, 0.3) is 5.65 Å². The molecule has 0 bridgehead atoms. The molecular weight excluding hydrogens is 267 g/mol. The summed E-state index contributed by atoms with van der Waals surface area (Å²) in [5.41, 5.74) is 4.52. The van der Waals surface area contributed by atoms with E-state index in [-0.39, 0.29) is 5.82 Å². The van der Waals surface area contributed by atoms with Crippen molar-refractivity contribution in [3.05, 3.63) is 70.9 Å². The molecule has 3 nitrogen and oxygen atoms in total. The smallest absolute Gasteiger partial charge is 0.137 e. The molecule has 1 unspecified atom stereocenters. The zero-order chi connectivity index (χ0) is 15.0. The topological polar surface area (TPSA) is 37.5 Å². The van der Waals surface area contributed by atoms with Crippen molar-refractivity contribution in [1.82, 2.24) is 9.38 Å². The maximum absolute atomic E-state index is 13.0. The minimum absolute atomic E-state index is 0.250. The Kier molecular flexibility index (Phi) is 3.47. The van der Waals surface area contributed by atoms with Gasteiger partial charge >= 0.3 is 0 Å². The summed E-state index contributed by atoms with van der Waals surface area (Å²) in [5, 5.41) is 10.1. The first-order valence-electron chi connectivity index (χ1n) is 6.94. The molecular formula is C17H17FN2O. The van der Waals surface area contributed by atoms with Crippen LogP contribution >= 0.6 is 0 Å². The first kappa shape index (κ1) is 13.8. The van der Waals surface area contributed by atoms with Crippen LogP contribution < -0.4 is 0 Å². The van der Waals surface area contributed by atoms with Crippen LogP contribution in [0.2, 0.25) is 0 Å². The number of aromatic nitrogens is 2. The summed E-state index contributed by atoms with van der Waals surface area (Å²) in [5.74, 6) is -0.250. The van der Waals surface area contributed by atoms with Gasteiger partial charge in [-0.15, -0.1) is 0 Å². The van der Waals surface area contributed by atoms with Crippen molar-refractivity contribution in [3.8, 4) is 0 Å². The van der Waals surface area contributed by atoms with Crippen LogP contribution in [0, 0.1) is 12.7 Å². The monoisotopic (exact) mass is 284 g/mol. The van der Waals surface area contributed by atoms with Crippen LogP contribution in [0.5, 0.6) is 0 Å². The normalized spacial score (nSPS) is 12.8. The summed E-state index contributed by atoms with van der Waals surface area (Å²) in [4.78, 5) is 4.62. The third kappa shape index (κ3) is 2.67. The molecule has 0 amide bonds. The van der Waals surface area contributed by atoms with Gasteiger partial charge in [0.05, 0.1) is 17.5 Å². The van der Waals surface area contributed by atoms with E-state index in [1.807, 2.05) is 29.7 Å². The molecule has 0 radical (unpaired) electrons. The van der Waals surface area contributed by atoms with E-state index in [2.05, 4.69) is 4.98 Å². The first-order chi connectivity index (χ1) is 10.0. The number of rotatable bonds is 3. The summed E-state index contributed by atoms with van der Waals surface area (Å²) < 4.78 is 14.9. The molecule has 1 atom stereocenters. The summed E-state index contributed by atoms with van der Waals surface area (Å²) >= 11 is 0. The predicted octanol–water partition coefficient (Wildman–Crippen LogP) is 3.43. The molecule has 0 saturated heterocycles. The average Bonchev–Trinajstić information content (AvgIpc) is 2.78. The molecule has 0 spiro atoms. The Morgan fingerprint density at radius 2 is 1.95 bits per heavy atom. The van der Waals surface area contributed by atoms with E-state index in [9.17, 15) is 9.50 Å². The number of halogens is 1. The highest BCUT2D eigenvalue weighted by molar-refractivity contribution is 5.47. The summed E-state index contributed by atoms with van der Waals surface area (Å²) in [6, 6.07) is 10.4. The molecule has 0 aliphatic carbocycles. The van der Waals surface area contributed by atoms with E-state index in [0.717, 1.165) is 28.2 Å². The maximum atomic E-state index is 13.0. The van der Waals surface area contributed by atoms with Crippen LogP contribution in [0.15, 0.2) is 42.6 Å². The Hall–Kier alpha value is -2.20. The quantitative estimate of drug-likeness (QED) is 0.800. The van der Waals surface area contributed by atoms with Crippen molar-refractivity contribution in [2.24, 2.45) is 0 Å². The second-order valence-corrected chi connectivity index (χ2v) is 5.36. The average molecular weight is 284 g/mol. The highest BCUT2D eigenvalue weighted by Crippen LogP contribution is 2.23. The van der Waals surface area contributed by atoms with E-state index in [0.29, 0.717) is 6.42 Å². The number of hydrogen-bond acceptors (Lipinski definition) is 2. The van der Waals surface area contributed by atoms with Crippen molar-refractivity contribution in [1.29, 1.82) is 0 Å². The van der Waals surface area contributed by atoms with Gasteiger partial charge in [-0.05, 0) is 49.2 Å². The molecule has 3 rings (SSSR count). The molecule has 1 aromatic carbocycles. The summed E-state index contributed by atoms with van der Waals surface area (Å²) in [6.07, 6.45) is 1.88. The SMILES string of the molecule is Cc1ccn2c(C(C)O)c(Cc3ccc(F)cc3)nc2c1. The highest BCUT2D eigenvalue weighted by Gasteiger charge is 2.16.